The standard InChI is InChI=1S/C20H21N3.C19H17N3O.C19H19N3.C18H17N3.8C2H6.CH4.4Y/c1-4-23(5-2)15(3)18-13-20(16-9-8-12-21-14-16)22-19-11-7-6-10-17(18)19;1-3-22(4-2)19(23)16-12-18(14-8-7-11-20-13-14)21-17-10-6-5-9-15(16)17;1-3-22(4-2)14-16-12-19(15-8-7-11-20-13-15)21-18-10-6-5-9-17(16)18;1-3-21(4-2)18-12-17(14-8-7-11-19-13-14)20-16-10-6-5-9-15(16)18;8*1-2;;;;;/h6-15H,1-2,4-5H2,3H3;5-13H,1-4H2;5-13H,1-4,14H2;5-13H,1-4H2;8*1-2H3;1H4;;;;/q4*-2;;;;;;;;;;;;;. The molecular weight excluding hydrogens is 1660 g/mol. The maximum atomic E-state index is 12.8. The Bertz CT molecular complexity index is 4200. The molecule has 0 N–H and O–H groups in total. The van der Waals surface area contributed by atoms with Crippen molar-refractivity contribution in [2.75, 3.05) is 57.3 Å². The van der Waals surface area contributed by atoms with Crippen LogP contribution in [0.4, 0.5) is 5.69 Å². The molecule has 4 aromatic carbocycles. The molecule has 0 aliphatic heterocycles. The third kappa shape index (κ3) is 34.8. The minimum absolute atomic E-state index is 0. The average Bonchev–Trinajstić information content (AvgIpc) is 0.817. The molecule has 1 amide bonds. The molecule has 584 valence electrons. The molecule has 4 radical (unpaired) electrons. The van der Waals surface area contributed by atoms with Crippen molar-refractivity contribution in [2.24, 2.45) is 0 Å². The Labute approximate surface area is 768 Å². The number of carbonyl (C=O) groups is 1. The van der Waals surface area contributed by atoms with Crippen LogP contribution < -0.4 is 4.90 Å². The number of anilines is 1. The minimum atomic E-state index is -0.0845. The van der Waals surface area contributed by atoms with Gasteiger partial charge in [0.1, 0.15) is 0 Å². The fourth-order valence-corrected chi connectivity index (χ4v) is 10.4. The van der Waals surface area contributed by atoms with E-state index >= 15 is 0 Å². The van der Waals surface area contributed by atoms with Crippen LogP contribution in [-0.2, 0) is 137 Å². The van der Waals surface area contributed by atoms with E-state index in [1.807, 2.05) is 239 Å². The molecule has 13 nitrogen and oxygen atoms in total. The van der Waals surface area contributed by atoms with Crippen molar-refractivity contribution >= 4 is 55.2 Å². The summed E-state index contributed by atoms with van der Waals surface area (Å²) in [6.45, 7) is 71.6. The van der Waals surface area contributed by atoms with Gasteiger partial charge in [-0.05, 0) is 115 Å². The van der Waals surface area contributed by atoms with Crippen molar-refractivity contribution in [1.82, 2.24) is 54.6 Å². The van der Waals surface area contributed by atoms with Crippen LogP contribution in [0.25, 0.3) is 88.6 Å². The average molecular weight is 1780 g/mol. The van der Waals surface area contributed by atoms with Crippen LogP contribution in [0, 0.1) is 55.4 Å². The number of hydrogen-bond acceptors (Lipinski definition) is 12. The third-order valence-electron chi connectivity index (χ3n) is 15.3. The predicted octanol–water partition coefficient (Wildman–Crippen LogP) is 24.1. The fourth-order valence-electron chi connectivity index (χ4n) is 10.4. The summed E-state index contributed by atoms with van der Waals surface area (Å²) in [5.74, 6) is -0.0845. The zero-order chi connectivity index (χ0) is 78.5. The molecule has 12 rings (SSSR count). The molecule has 0 spiro atoms. The number of aromatic nitrogens is 8. The maximum absolute atomic E-state index is 12.8. The van der Waals surface area contributed by atoms with Crippen LogP contribution in [0.3, 0.4) is 0 Å². The van der Waals surface area contributed by atoms with E-state index in [-0.39, 0.29) is 150 Å². The van der Waals surface area contributed by atoms with E-state index in [0.29, 0.717) is 31.7 Å². The topological polar surface area (TPSA) is 133 Å². The Morgan fingerprint density at radius 1 is 0.355 bits per heavy atom. The van der Waals surface area contributed by atoms with Gasteiger partial charge in [-0.3, -0.25) is 24.7 Å². The molecule has 1 unspecified atom stereocenters. The second-order valence-electron chi connectivity index (χ2n) is 20.6. The van der Waals surface area contributed by atoms with E-state index in [1.54, 1.807) is 35.9 Å². The van der Waals surface area contributed by atoms with E-state index in [4.69, 9.17) is 15.0 Å². The van der Waals surface area contributed by atoms with Gasteiger partial charge in [0.25, 0.3) is 0 Å². The van der Waals surface area contributed by atoms with Crippen LogP contribution in [0.1, 0.15) is 153 Å². The van der Waals surface area contributed by atoms with Gasteiger partial charge in [0.15, 0.2) is 0 Å². The summed E-state index contributed by atoms with van der Waals surface area (Å²) in [5.41, 5.74) is 15.5. The van der Waals surface area contributed by atoms with Gasteiger partial charge in [0.05, 0.1) is 50.4 Å². The Balaban J connectivity index is -0.000000413. The number of hydrogen-bond donors (Lipinski definition) is 0. The summed E-state index contributed by atoms with van der Waals surface area (Å²) < 4.78 is 0. The maximum Gasteiger partial charge on any atom is 0.249 e. The van der Waals surface area contributed by atoms with E-state index in [0.717, 1.165) is 116 Å². The number of nitrogens with zero attached hydrogens (tertiary/aromatic N) is 12. The second-order valence-corrected chi connectivity index (χ2v) is 20.6. The summed E-state index contributed by atoms with van der Waals surface area (Å²) in [5, 5.41) is 4.32. The van der Waals surface area contributed by atoms with Gasteiger partial charge in [-0.25, -0.2) is 19.9 Å². The van der Waals surface area contributed by atoms with Gasteiger partial charge in [0.2, 0.25) is 5.91 Å². The molecule has 12 aromatic rings. The van der Waals surface area contributed by atoms with Gasteiger partial charge in [-0.2, -0.15) is 0 Å². The van der Waals surface area contributed by atoms with Crippen molar-refractivity contribution in [2.45, 2.75) is 138 Å². The first-order valence-corrected chi connectivity index (χ1v) is 37.7. The quantitative estimate of drug-likeness (QED) is 0.0757. The zero-order valence-electron chi connectivity index (χ0n) is 69.0. The molecule has 0 saturated heterocycles. The van der Waals surface area contributed by atoms with Crippen LogP contribution >= 0.6 is 0 Å². The molecule has 8 heterocycles. The fraction of sp³-hybridized carbons (Fsp3) is 0.301. The zero-order valence-corrected chi connectivity index (χ0v) is 80.3. The monoisotopic (exact) mass is 1780 g/mol. The first kappa shape index (κ1) is 113. The number of carbonyl (C=O) groups excluding carboxylic acids is 1. The Morgan fingerprint density at radius 3 is 1.03 bits per heavy atom. The van der Waals surface area contributed by atoms with E-state index in [1.165, 1.54) is 21.9 Å². The first-order valence-electron chi connectivity index (χ1n) is 37.7. The van der Waals surface area contributed by atoms with Gasteiger partial charge in [-0.15, -0.1) is 52.4 Å². The van der Waals surface area contributed by atoms with Crippen molar-refractivity contribution in [3.8, 4) is 45.0 Å². The molecule has 0 fully saturated rings. The number of amides is 1. The number of pyridine rings is 8. The summed E-state index contributed by atoms with van der Waals surface area (Å²) in [6, 6.07) is 56.4. The molecular formula is C93H126N12OY4-8. The molecule has 0 aliphatic carbocycles. The van der Waals surface area contributed by atoms with Gasteiger partial charge in [-0.1, -0.05) is 191 Å². The molecule has 110 heavy (non-hydrogen) atoms. The van der Waals surface area contributed by atoms with Gasteiger partial charge in [0, 0.05) is 242 Å². The molecule has 0 saturated carbocycles. The van der Waals surface area contributed by atoms with Crippen LogP contribution in [-0.4, -0.2) is 113 Å². The van der Waals surface area contributed by atoms with Crippen molar-refractivity contribution in [3.05, 3.63) is 292 Å². The van der Waals surface area contributed by atoms with Gasteiger partial charge < -0.3 is 75.0 Å². The second kappa shape index (κ2) is 69.2. The van der Waals surface area contributed by atoms with E-state index < -0.39 is 0 Å². The summed E-state index contributed by atoms with van der Waals surface area (Å²) in [6.07, 6.45) is 14.3. The van der Waals surface area contributed by atoms with Crippen molar-refractivity contribution < 1.29 is 136 Å². The summed E-state index contributed by atoms with van der Waals surface area (Å²) >= 11 is 0. The number of benzene rings is 4. The van der Waals surface area contributed by atoms with Gasteiger partial charge >= 0.3 is 0 Å². The summed E-state index contributed by atoms with van der Waals surface area (Å²) in [4.78, 5) is 56.7. The minimum Gasteiger partial charge on any atom is -0.431 e. The van der Waals surface area contributed by atoms with E-state index in [9.17, 15) is 4.79 Å². The van der Waals surface area contributed by atoms with Crippen molar-refractivity contribution in [1.29, 1.82) is 0 Å². The number of fused-ring (bicyclic) bond motifs is 4. The Hall–Kier alpha value is -5.27. The molecule has 17 heteroatoms. The van der Waals surface area contributed by atoms with Crippen LogP contribution in [0.15, 0.2) is 219 Å². The predicted molar refractivity (Wildman–Crippen MR) is 464 cm³/mol. The smallest absolute Gasteiger partial charge is 0.249 e. The SMILES string of the molecule is C.CC.CC.CC.CC.CC.CC.CC.CC.[CH2-]CN(C[CH2-])C(=O)c1cc(-c2cccnc2)nc2ccccc12.[CH2-]CN(C[CH2-])C(C)c1cc(-c2cccnc2)nc2ccccc12.[CH2-]CN(C[CH2-])Cc1cc(-c2cccnc2)nc2ccccc12.[CH2-]CN(C[CH2-])c1cc(-c2cccnc2)nc2ccccc12.[Y].[Y].[Y].[Y]. The first-order chi connectivity index (χ1) is 51.6. The van der Waals surface area contributed by atoms with Crippen molar-refractivity contribution in [3.63, 3.8) is 0 Å². The molecule has 0 aliphatic rings. The summed E-state index contributed by atoms with van der Waals surface area (Å²) in [7, 11) is 0. The largest absolute Gasteiger partial charge is 0.431 e. The molecule has 1 atom stereocenters. The third-order valence-corrected chi connectivity index (χ3v) is 15.3. The Morgan fingerprint density at radius 2 is 0.673 bits per heavy atom. The number of rotatable bonds is 18. The van der Waals surface area contributed by atoms with Crippen LogP contribution in [0.2, 0.25) is 0 Å². The number of para-hydroxylation sites is 4. The van der Waals surface area contributed by atoms with E-state index in [2.05, 4.69) is 163 Å². The van der Waals surface area contributed by atoms with Crippen LogP contribution in [0.5, 0.6) is 0 Å². The molecule has 0 bridgehead atoms. The molecule has 8 aromatic heterocycles. The Kier molecular flexibility index (Phi) is 71.3. The normalized spacial score (nSPS) is 9.63.